The highest BCUT2D eigenvalue weighted by Crippen LogP contribution is 2.68. The molecular formula is C28H47O2. The third-order valence-corrected chi connectivity index (χ3v) is 11.0. The first-order chi connectivity index (χ1) is 14.3. The van der Waals surface area contributed by atoms with E-state index in [1.165, 1.54) is 64.2 Å². The van der Waals surface area contributed by atoms with Crippen LogP contribution in [0.25, 0.3) is 0 Å². The zero-order valence-electron chi connectivity index (χ0n) is 20.4. The van der Waals surface area contributed by atoms with Gasteiger partial charge in [0.1, 0.15) is 6.10 Å². The van der Waals surface area contributed by atoms with Gasteiger partial charge in [0.15, 0.2) is 0 Å². The van der Waals surface area contributed by atoms with Gasteiger partial charge in [0, 0.05) is 0 Å². The molecule has 2 heteroatoms. The SMILES string of the molecule is CC(C)CCC[C@@H](C)[C@H]1CCC2C3CCC4CC(O[C]=O)CC[C@]4(C)C3CC[C@@]21C. The van der Waals surface area contributed by atoms with Crippen LogP contribution in [0.4, 0.5) is 0 Å². The monoisotopic (exact) mass is 415 g/mol. The maximum Gasteiger partial charge on any atom is 0.417 e. The first-order valence-electron chi connectivity index (χ1n) is 13.3. The third-order valence-electron chi connectivity index (χ3n) is 11.0. The fourth-order valence-corrected chi connectivity index (χ4v) is 9.42. The summed E-state index contributed by atoms with van der Waals surface area (Å²) in [5.74, 6) is 6.27. The summed E-state index contributed by atoms with van der Waals surface area (Å²) < 4.78 is 5.28. The highest BCUT2D eigenvalue weighted by atomic mass is 16.5. The van der Waals surface area contributed by atoms with Crippen LogP contribution in [-0.2, 0) is 9.53 Å². The normalized spacial score (nSPS) is 46.6. The second-order valence-electron chi connectivity index (χ2n) is 12.8. The zero-order chi connectivity index (χ0) is 21.5. The molecule has 0 aromatic rings. The van der Waals surface area contributed by atoms with Crippen molar-refractivity contribution < 1.29 is 9.53 Å². The third kappa shape index (κ3) is 3.88. The van der Waals surface area contributed by atoms with Crippen molar-refractivity contribution in [2.24, 2.45) is 52.3 Å². The van der Waals surface area contributed by atoms with Crippen LogP contribution in [0.15, 0.2) is 0 Å². The highest BCUT2D eigenvalue weighted by Gasteiger charge is 2.60. The van der Waals surface area contributed by atoms with Crippen molar-refractivity contribution in [3.63, 3.8) is 0 Å². The number of hydrogen-bond acceptors (Lipinski definition) is 2. The van der Waals surface area contributed by atoms with E-state index >= 15 is 0 Å². The molecule has 4 aliphatic carbocycles. The first kappa shape index (κ1) is 22.7. The van der Waals surface area contributed by atoms with Crippen LogP contribution in [0, 0.1) is 52.3 Å². The maximum atomic E-state index is 10.7. The lowest BCUT2D eigenvalue weighted by Gasteiger charge is -2.61. The molecule has 0 N–H and O–H groups in total. The molecule has 9 atom stereocenters. The quantitative estimate of drug-likeness (QED) is 0.429. The summed E-state index contributed by atoms with van der Waals surface area (Å²) in [5, 5.41) is 0. The summed E-state index contributed by atoms with van der Waals surface area (Å²) in [6, 6.07) is 0. The molecule has 0 amide bonds. The molecule has 0 aromatic carbocycles. The van der Waals surface area contributed by atoms with Crippen LogP contribution < -0.4 is 0 Å². The van der Waals surface area contributed by atoms with Crippen molar-refractivity contribution in [3.05, 3.63) is 0 Å². The molecule has 4 rings (SSSR count). The Labute approximate surface area is 186 Å². The Hall–Kier alpha value is -0.530. The van der Waals surface area contributed by atoms with Crippen molar-refractivity contribution in [1.82, 2.24) is 0 Å². The molecule has 4 fully saturated rings. The summed E-state index contributed by atoms with van der Waals surface area (Å²) in [7, 11) is 0. The molecule has 1 radical (unpaired) electrons. The molecule has 5 unspecified atom stereocenters. The standard InChI is InChI=1S/C28H47O2/c1-19(2)7-6-8-20(3)24-11-12-25-23-10-9-21-17-22(30-18-29)13-15-27(21,4)26(23)14-16-28(24,25)5/h19-26H,6-17H2,1-5H3/t20-,21?,22?,23?,24-,25?,26?,27+,28-/m1/s1. The molecule has 0 bridgehead atoms. The zero-order valence-corrected chi connectivity index (χ0v) is 20.4. The van der Waals surface area contributed by atoms with Crippen LogP contribution in [0.5, 0.6) is 0 Å². The van der Waals surface area contributed by atoms with Gasteiger partial charge in [0.2, 0.25) is 0 Å². The minimum Gasteiger partial charge on any atom is -0.454 e. The van der Waals surface area contributed by atoms with Crippen LogP contribution >= 0.6 is 0 Å². The Kier molecular flexibility index (Phi) is 6.63. The van der Waals surface area contributed by atoms with E-state index in [1.54, 1.807) is 6.47 Å². The molecule has 171 valence electrons. The maximum absolute atomic E-state index is 10.7. The van der Waals surface area contributed by atoms with Gasteiger partial charge in [-0.05, 0) is 110 Å². The average molecular weight is 416 g/mol. The lowest BCUT2D eigenvalue weighted by Crippen LogP contribution is -2.54. The largest absolute Gasteiger partial charge is 0.454 e. The van der Waals surface area contributed by atoms with Gasteiger partial charge in [0.25, 0.3) is 0 Å². The molecule has 4 saturated carbocycles. The van der Waals surface area contributed by atoms with E-state index in [0.29, 0.717) is 10.8 Å². The Morgan fingerprint density at radius 1 is 0.900 bits per heavy atom. The highest BCUT2D eigenvalue weighted by molar-refractivity contribution is 5.38. The van der Waals surface area contributed by atoms with E-state index in [4.69, 9.17) is 4.74 Å². The minimum absolute atomic E-state index is 0.133. The number of hydrogen-bond donors (Lipinski definition) is 0. The fourth-order valence-electron chi connectivity index (χ4n) is 9.42. The van der Waals surface area contributed by atoms with Gasteiger partial charge in [0.05, 0.1) is 0 Å². The summed E-state index contributed by atoms with van der Waals surface area (Å²) in [6.45, 7) is 14.3. The van der Waals surface area contributed by atoms with E-state index in [2.05, 4.69) is 34.6 Å². The lowest BCUT2D eigenvalue weighted by molar-refractivity contribution is -0.128. The van der Waals surface area contributed by atoms with Crippen molar-refractivity contribution in [3.8, 4) is 0 Å². The van der Waals surface area contributed by atoms with Crippen LogP contribution in [0.3, 0.4) is 0 Å². The minimum atomic E-state index is 0.133. The van der Waals surface area contributed by atoms with Crippen molar-refractivity contribution >= 4 is 6.47 Å². The summed E-state index contributed by atoms with van der Waals surface area (Å²) in [4.78, 5) is 10.7. The molecule has 2 nitrogen and oxygen atoms in total. The van der Waals surface area contributed by atoms with E-state index in [-0.39, 0.29) is 6.10 Å². The van der Waals surface area contributed by atoms with Gasteiger partial charge in [-0.15, -0.1) is 0 Å². The Bertz CT molecular complexity index is 599. The number of carbonyl (C=O) groups excluding carboxylic acids is 1. The van der Waals surface area contributed by atoms with Crippen molar-refractivity contribution in [1.29, 1.82) is 0 Å². The van der Waals surface area contributed by atoms with Gasteiger partial charge in [-0.25, -0.2) is 4.79 Å². The smallest absolute Gasteiger partial charge is 0.417 e. The molecule has 0 aliphatic heterocycles. The average Bonchev–Trinajstić information content (AvgIpc) is 3.05. The Morgan fingerprint density at radius 2 is 1.63 bits per heavy atom. The van der Waals surface area contributed by atoms with Crippen LogP contribution in [-0.4, -0.2) is 12.6 Å². The van der Waals surface area contributed by atoms with Crippen LogP contribution in [0.1, 0.15) is 112 Å². The topological polar surface area (TPSA) is 26.3 Å². The van der Waals surface area contributed by atoms with Gasteiger partial charge < -0.3 is 4.74 Å². The van der Waals surface area contributed by atoms with Gasteiger partial charge >= 0.3 is 6.47 Å². The summed E-state index contributed by atoms with van der Waals surface area (Å²) in [5.41, 5.74) is 1.07. The molecule has 0 spiro atoms. The fraction of sp³-hybridized carbons (Fsp3) is 0.964. The number of rotatable bonds is 7. The molecular weight excluding hydrogens is 368 g/mol. The van der Waals surface area contributed by atoms with E-state index in [9.17, 15) is 4.79 Å². The molecule has 30 heavy (non-hydrogen) atoms. The second kappa shape index (κ2) is 8.78. The Morgan fingerprint density at radius 3 is 2.37 bits per heavy atom. The molecule has 4 aliphatic rings. The predicted octanol–water partition coefficient (Wildman–Crippen LogP) is 7.56. The van der Waals surface area contributed by atoms with Crippen LogP contribution in [0.2, 0.25) is 0 Å². The summed E-state index contributed by atoms with van der Waals surface area (Å²) in [6.07, 6.45) is 16.5. The molecule has 0 saturated heterocycles. The van der Waals surface area contributed by atoms with Gasteiger partial charge in [-0.1, -0.05) is 53.9 Å². The van der Waals surface area contributed by atoms with Crippen molar-refractivity contribution in [2.75, 3.05) is 0 Å². The van der Waals surface area contributed by atoms with Gasteiger partial charge in [-0.2, -0.15) is 0 Å². The van der Waals surface area contributed by atoms with E-state index < -0.39 is 0 Å². The Balaban J connectivity index is 1.44. The lowest BCUT2D eigenvalue weighted by atomic mass is 9.44. The molecule has 0 aromatic heterocycles. The second-order valence-corrected chi connectivity index (χ2v) is 12.8. The predicted molar refractivity (Wildman–Crippen MR) is 124 cm³/mol. The first-order valence-corrected chi connectivity index (χ1v) is 13.3. The number of fused-ring (bicyclic) bond motifs is 5. The summed E-state index contributed by atoms with van der Waals surface area (Å²) >= 11 is 0. The van der Waals surface area contributed by atoms with Crippen molar-refractivity contribution in [2.45, 2.75) is 118 Å². The van der Waals surface area contributed by atoms with E-state index in [0.717, 1.165) is 54.3 Å². The van der Waals surface area contributed by atoms with Gasteiger partial charge in [-0.3, -0.25) is 0 Å². The van der Waals surface area contributed by atoms with E-state index in [1.807, 2.05) is 0 Å². The molecule has 0 heterocycles. The number of ether oxygens (including phenoxy) is 1.